The summed E-state index contributed by atoms with van der Waals surface area (Å²) in [7, 11) is 4.37. The zero-order chi connectivity index (χ0) is 15.2. The van der Waals surface area contributed by atoms with Gasteiger partial charge >= 0.3 is 0 Å². The first kappa shape index (κ1) is 16.5. The predicted molar refractivity (Wildman–Crippen MR) is 90.0 cm³/mol. The Morgan fingerprint density at radius 2 is 2.29 bits per heavy atom. The van der Waals surface area contributed by atoms with E-state index in [1.165, 1.54) is 19.4 Å². The van der Waals surface area contributed by atoms with Crippen LogP contribution in [0.3, 0.4) is 0 Å². The molecule has 0 aliphatic carbocycles. The van der Waals surface area contributed by atoms with E-state index in [-0.39, 0.29) is 0 Å². The second-order valence-electron chi connectivity index (χ2n) is 6.03. The van der Waals surface area contributed by atoms with Gasteiger partial charge in [-0.25, -0.2) is 4.98 Å². The number of likely N-dealkylation sites (N-methyl/N-ethyl adjacent to an activating group) is 2. The van der Waals surface area contributed by atoms with E-state index in [9.17, 15) is 0 Å². The fourth-order valence-corrected chi connectivity index (χ4v) is 2.98. The van der Waals surface area contributed by atoms with Crippen LogP contribution >= 0.6 is 11.6 Å². The lowest BCUT2D eigenvalue weighted by molar-refractivity contribution is 0.128. The number of nitrogens with one attached hydrogen (secondary N) is 1. The third-order valence-corrected chi connectivity index (χ3v) is 4.44. The Morgan fingerprint density at radius 1 is 1.48 bits per heavy atom. The van der Waals surface area contributed by atoms with Crippen LogP contribution in [0.25, 0.3) is 0 Å². The van der Waals surface area contributed by atoms with Crippen molar-refractivity contribution in [3.63, 3.8) is 0 Å². The van der Waals surface area contributed by atoms with Gasteiger partial charge in [0, 0.05) is 25.7 Å². The van der Waals surface area contributed by atoms with E-state index in [1.54, 1.807) is 0 Å². The number of likely N-dealkylation sites (tertiary alicyclic amines) is 1. The highest BCUT2D eigenvalue weighted by molar-refractivity contribution is 6.31. The van der Waals surface area contributed by atoms with Crippen molar-refractivity contribution in [3.8, 4) is 0 Å². The molecule has 1 N–H and O–H groups in total. The number of aromatic nitrogens is 1. The zero-order valence-corrected chi connectivity index (χ0v) is 14.2. The van der Waals surface area contributed by atoms with Crippen LogP contribution in [0.2, 0.25) is 5.02 Å². The molecule has 4 nitrogen and oxygen atoms in total. The van der Waals surface area contributed by atoms with Gasteiger partial charge in [-0.3, -0.25) is 4.90 Å². The average molecular weight is 311 g/mol. The van der Waals surface area contributed by atoms with Crippen LogP contribution in [0.1, 0.15) is 31.9 Å². The summed E-state index contributed by atoms with van der Waals surface area (Å²) in [4.78, 5) is 9.45. The van der Waals surface area contributed by atoms with Gasteiger partial charge in [0.05, 0.1) is 10.7 Å². The zero-order valence-electron chi connectivity index (χ0n) is 13.4. The quantitative estimate of drug-likeness (QED) is 0.875. The van der Waals surface area contributed by atoms with Gasteiger partial charge in [0.25, 0.3) is 0 Å². The molecule has 1 aliphatic rings. The summed E-state index contributed by atoms with van der Waals surface area (Å²) in [6.45, 7) is 6.23. The minimum absolute atomic E-state index is 0.592. The molecule has 1 aromatic rings. The van der Waals surface area contributed by atoms with Crippen LogP contribution in [-0.4, -0.2) is 54.6 Å². The van der Waals surface area contributed by atoms with Crippen LogP contribution in [0.4, 0.5) is 5.82 Å². The van der Waals surface area contributed by atoms with Crippen molar-refractivity contribution in [2.24, 2.45) is 0 Å². The highest BCUT2D eigenvalue weighted by Gasteiger charge is 2.22. The van der Waals surface area contributed by atoms with Crippen LogP contribution in [0.5, 0.6) is 0 Å². The normalized spacial score (nSPS) is 20.0. The summed E-state index contributed by atoms with van der Waals surface area (Å²) < 4.78 is 0. The number of hydrogen-bond acceptors (Lipinski definition) is 4. The molecule has 2 heterocycles. The van der Waals surface area contributed by atoms with E-state index in [4.69, 9.17) is 11.6 Å². The molecule has 1 saturated heterocycles. The SMILES string of the molecule is CCCNc1ccc(Cl)c(CN(C)C2CCCN(C)C2)n1. The number of nitrogens with zero attached hydrogens (tertiary/aromatic N) is 3. The molecule has 0 bridgehead atoms. The molecule has 1 atom stereocenters. The van der Waals surface area contributed by atoms with Gasteiger partial charge in [-0.15, -0.1) is 0 Å². The Hall–Kier alpha value is -0.840. The first-order chi connectivity index (χ1) is 10.1. The third kappa shape index (κ3) is 4.83. The standard InChI is InChI=1S/C16H27ClN4/c1-4-9-18-16-8-7-14(17)15(19-16)12-21(3)13-6-5-10-20(2)11-13/h7-8,13H,4-6,9-12H2,1-3H3,(H,18,19). The molecule has 1 fully saturated rings. The number of piperidine rings is 1. The van der Waals surface area contributed by atoms with Gasteiger partial charge in [-0.2, -0.15) is 0 Å². The Morgan fingerprint density at radius 3 is 3.00 bits per heavy atom. The maximum atomic E-state index is 6.31. The summed E-state index contributed by atoms with van der Waals surface area (Å²) in [6, 6.07) is 4.49. The van der Waals surface area contributed by atoms with E-state index in [2.05, 4.69) is 41.1 Å². The summed E-state index contributed by atoms with van der Waals surface area (Å²) in [6.07, 6.45) is 3.62. The Kier molecular flexibility index (Phi) is 6.27. The summed E-state index contributed by atoms with van der Waals surface area (Å²) >= 11 is 6.31. The van der Waals surface area contributed by atoms with Crippen molar-refractivity contribution >= 4 is 17.4 Å². The Bertz CT molecular complexity index is 452. The lowest BCUT2D eigenvalue weighted by Gasteiger charge is -2.35. The first-order valence-corrected chi connectivity index (χ1v) is 8.26. The molecule has 0 amide bonds. The molecular formula is C16H27ClN4. The minimum Gasteiger partial charge on any atom is -0.370 e. The second-order valence-corrected chi connectivity index (χ2v) is 6.43. The van der Waals surface area contributed by atoms with Crippen LogP contribution in [-0.2, 0) is 6.54 Å². The van der Waals surface area contributed by atoms with E-state index >= 15 is 0 Å². The van der Waals surface area contributed by atoms with Gasteiger partial charge in [-0.1, -0.05) is 18.5 Å². The van der Waals surface area contributed by atoms with Crippen LogP contribution in [0, 0.1) is 0 Å². The largest absolute Gasteiger partial charge is 0.370 e. The fraction of sp³-hybridized carbons (Fsp3) is 0.688. The molecule has 0 saturated carbocycles. The highest BCUT2D eigenvalue weighted by atomic mass is 35.5. The lowest BCUT2D eigenvalue weighted by Crippen LogP contribution is -2.44. The monoisotopic (exact) mass is 310 g/mol. The van der Waals surface area contributed by atoms with Crippen molar-refractivity contribution in [1.29, 1.82) is 0 Å². The third-order valence-electron chi connectivity index (χ3n) is 4.10. The molecule has 0 aromatic carbocycles. The van der Waals surface area contributed by atoms with E-state index in [0.717, 1.165) is 42.6 Å². The maximum absolute atomic E-state index is 6.31. The predicted octanol–water partition coefficient (Wildman–Crippen LogP) is 3.08. The van der Waals surface area contributed by atoms with Crippen molar-refractivity contribution < 1.29 is 0 Å². The Labute approximate surface area is 133 Å². The van der Waals surface area contributed by atoms with Gasteiger partial charge < -0.3 is 10.2 Å². The summed E-state index contributed by atoms with van der Waals surface area (Å²) in [5.74, 6) is 0.922. The van der Waals surface area contributed by atoms with Crippen molar-refractivity contribution in [1.82, 2.24) is 14.8 Å². The second kappa shape index (κ2) is 7.97. The number of pyridine rings is 1. The fourth-order valence-electron chi connectivity index (χ4n) is 2.81. The topological polar surface area (TPSA) is 31.4 Å². The minimum atomic E-state index is 0.592. The van der Waals surface area contributed by atoms with Crippen molar-refractivity contribution in [3.05, 3.63) is 22.8 Å². The van der Waals surface area contributed by atoms with Crippen molar-refractivity contribution in [2.45, 2.75) is 38.8 Å². The molecule has 0 radical (unpaired) electrons. The molecular weight excluding hydrogens is 284 g/mol. The van der Waals surface area contributed by atoms with E-state index < -0.39 is 0 Å². The summed E-state index contributed by atoms with van der Waals surface area (Å²) in [5, 5.41) is 4.08. The average Bonchev–Trinajstić information content (AvgIpc) is 2.48. The molecule has 5 heteroatoms. The highest BCUT2D eigenvalue weighted by Crippen LogP contribution is 2.21. The molecule has 2 rings (SSSR count). The number of anilines is 1. The molecule has 0 spiro atoms. The molecule has 118 valence electrons. The van der Waals surface area contributed by atoms with E-state index in [0.29, 0.717) is 6.04 Å². The molecule has 1 aliphatic heterocycles. The Balaban J connectivity index is 2.00. The van der Waals surface area contributed by atoms with Crippen LogP contribution in [0.15, 0.2) is 12.1 Å². The maximum Gasteiger partial charge on any atom is 0.126 e. The molecule has 21 heavy (non-hydrogen) atoms. The smallest absolute Gasteiger partial charge is 0.126 e. The van der Waals surface area contributed by atoms with Crippen molar-refractivity contribution in [2.75, 3.05) is 39.0 Å². The molecule has 1 aromatic heterocycles. The number of halogens is 1. The van der Waals surface area contributed by atoms with Gasteiger partial charge in [0.1, 0.15) is 5.82 Å². The molecule has 1 unspecified atom stereocenters. The summed E-state index contributed by atoms with van der Waals surface area (Å²) in [5.41, 5.74) is 0.966. The lowest BCUT2D eigenvalue weighted by atomic mass is 10.0. The first-order valence-electron chi connectivity index (χ1n) is 7.88. The van der Waals surface area contributed by atoms with E-state index in [1.807, 2.05) is 12.1 Å². The van der Waals surface area contributed by atoms with Crippen LogP contribution < -0.4 is 5.32 Å². The van der Waals surface area contributed by atoms with Gasteiger partial charge in [0.15, 0.2) is 0 Å². The number of rotatable bonds is 6. The van der Waals surface area contributed by atoms with Gasteiger partial charge in [-0.05, 0) is 52.0 Å². The van der Waals surface area contributed by atoms with Gasteiger partial charge in [0.2, 0.25) is 0 Å². The number of hydrogen-bond donors (Lipinski definition) is 1.